The Morgan fingerprint density at radius 2 is 0.500 bits per heavy atom. The third kappa shape index (κ3) is 53.4. The molecular weight excluding hydrogens is 817 g/mol. The van der Waals surface area contributed by atoms with E-state index in [1.54, 1.807) is 0 Å². The molecule has 0 aromatic heterocycles. The van der Waals surface area contributed by atoms with Crippen molar-refractivity contribution < 1.29 is 28.6 Å². The summed E-state index contributed by atoms with van der Waals surface area (Å²) in [6, 6.07) is 0. The molecule has 6 nitrogen and oxygen atoms in total. The van der Waals surface area contributed by atoms with Gasteiger partial charge in [-0.25, -0.2) is 0 Å². The Morgan fingerprint density at radius 3 is 0.742 bits per heavy atom. The number of unbranched alkanes of at least 4 members (excludes halogenated alkanes) is 42. The normalized spacial score (nSPS) is 12.0. The summed E-state index contributed by atoms with van der Waals surface area (Å²) in [4.78, 5) is 38.2. The molecule has 66 heavy (non-hydrogen) atoms. The van der Waals surface area contributed by atoms with Crippen LogP contribution in [-0.2, 0) is 28.6 Å². The quantitative estimate of drug-likeness (QED) is 0.0343. The van der Waals surface area contributed by atoms with Gasteiger partial charge >= 0.3 is 17.9 Å². The largest absolute Gasteiger partial charge is 0.462 e. The molecule has 0 spiro atoms. The van der Waals surface area contributed by atoms with Gasteiger partial charge in [0.2, 0.25) is 0 Å². The van der Waals surface area contributed by atoms with Crippen LogP contribution in [0.4, 0.5) is 0 Å². The van der Waals surface area contributed by atoms with E-state index < -0.39 is 6.10 Å². The number of esters is 3. The fourth-order valence-corrected chi connectivity index (χ4v) is 9.28. The molecule has 0 aromatic rings. The Labute approximate surface area is 412 Å². The highest BCUT2D eigenvalue weighted by atomic mass is 16.6. The Balaban J connectivity index is 4.28. The molecule has 0 aliphatic heterocycles. The molecule has 0 fully saturated rings. The molecule has 0 rings (SSSR count). The zero-order valence-electron chi connectivity index (χ0n) is 45.2. The van der Waals surface area contributed by atoms with Gasteiger partial charge in [0.25, 0.3) is 0 Å². The molecule has 0 aliphatic carbocycles. The van der Waals surface area contributed by atoms with Crippen LogP contribution in [0.2, 0.25) is 0 Å². The second-order valence-corrected chi connectivity index (χ2v) is 21.1. The number of carbonyl (C=O) groups excluding carboxylic acids is 3. The van der Waals surface area contributed by atoms with Crippen molar-refractivity contribution >= 4 is 17.9 Å². The van der Waals surface area contributed by atoms with E-state index in [-0.39, 0.29) is 31.1 Å². The SMILES string of the molecule is CCCCCCCCCCCCCCCCCCCC(=O)O[C@@H](COC(=O)CCCCCCCCCCCCCCC)COC(=O)CCCCCCCCCCCCCCCCCC(C)C. The first-order chi connectivity index (χ1) is 32.4. The number of hydrogen-bond acceptors (Lipinski definition) is 6. The minimum absolute atomic E-state index is 0.0616. The van der Waals surface area contributed by atoms with Gasteiger partial charge in [-0.1, -0.05) is 304 Å². The average molecular weight is 934 g/mol. The maximum absolute atomic E-state index is 12.9. The van der Waals surface area contributed by atoms with Crippen molar-refractivity contribution in [1.82, 2.24) is 0 Å². The van der Waals surface area contributed by atoms with E-state index in [0.29, 0.717) is 19.3 Å². The van der Waals surface area contributed by atoms with E-state index in [1.165, 1.54) is 238 Å². The van der Waals surface area contributed by atoms with Crippen molar-refractivity contribution in [3.63, 3.8) is 0 Å². The lowest BCUT2D eigenvalue weighted by Crippen LogP contribution is -2.30. The second-order valence-electron chi connectivity index (χ2n) is 21.1. The summed E-state index contributed by atoms with van der Waals surface area (Å²) in [5, 5.41) is 0. The fraction of sp³-hybridized carbons (Fsp3) is 0.950. The first-order valence-corrected chi connectivity index (χ1v) is 29.9. The molecule has 6 heteroatoms. The van der Waals surface area contributed by atoms with E-state index in [1.807, 2.05) is 0 Å². The predicted molar refractivity (Wildman–Crippen MR) is 284 cm³/mol. The Bertz CT molecular complexity index is 996. The maximum atomic E-state index is 12.9. The van der Waals surface area contributed by atoms with Crippen LogP contribution in [-0.4, -0.2) is 37.2 Å². The predicted octanol–water partition coefficient (Wildman–Crippen LogP) is 19.8. The minimum atomic E-state index is -0.762. The molecular formula is C60H116O6. The summed E-state index contributed by atoms with van der Waals surface area (Å²) in [6.07, 6.45) is 59.5. The van der Waals surface area contributed by atoms with Crippen LogP contribution in [0.25, 0.3) is 0 Å². The number of hydrogen-bond donors (Lipinski definition) is 0. The molecule has 0 saturated heterocycles. The molecule has 0 radical (unpaired) electrons. The van der Waals surface area contributed by atoms with Gasteiger partial charge in [0.15, 0.2) is 6.10 Å². The van der Waals surface area contributed by atoms with Gasteiger partial charge in [-0.05, 0) is 25.2 Å². The lowest BCUT2D eigenvalue weighted by Gasteiger charge is -2.18. The Kier molecular flexibility index (Phi) is 53.0. The second kappa shape index (κ2) is 54.4. The van der Waals surface area contributed by atoms with E-state index in [9.17, 15) is 14.4 Å². The molecule has 0 bridgehead atoms. The molecule has 0 amide bonds. The zero-order chi connectivity index (χ0) is 48.1. The smallest absolute Gasteiger partial charge is 0.306 e. The molecule has 0 aromatic carbocycles. The Morgan fingerprint density at radius 1 is 0.288 bits per heavy atom. The standard InChI is InChI=1S/C60H116O6/c1-5-7-9-11-13-15-17-19-20-21-24-29-33-37-41-45-49-53-60(63)66-57(54-64-58(61)51-47-43-39-35-31-26-18-16-14-12-10-8-6-2)55-65-59(62)52-48-44-40-36-32-28-25-22-23-27-30-34-38-42-46-50-56(3)4/h56-57H,5-55H2,1-4H3/t57-/m0/s1. The van der Waals surface area contributed by atoms with Crippen LogP contribution in [0.15, 0.2) is 0 Å². The van der Waals surface area contributed by atoms with Crippen molar-refractivity contribution in [3.8, 4) is 0 Å². The number of carbonyl (C=O) groups is 3. The topological polar surface area (TPSA) is 78.9 Å². The number of ether oxygens (including phenoxy) is 3. The molecule has 0 aliphatic rings. The first kappa shape index (κ1) is 64.4. The summed E-state index contributed by atoms with van der Waals surface area (Å²) >= 11 is 0. The van der Waals surface area contributed by atoms with E-state index in [2.05, 4.69) is 27.7 Å². The van der Waals surface area contributed by atoms with Gasteiger partial charge in [0.05, 0.1) is 0 Å². The number of rotatable bonds is 55. The van der Waals surface area contributed by atoms with Crippen molar-refractivity contribution in [1.29, 1.82) is 0 Å². The van der Waals surface area contributed by atoms with Crippen molar-refractivity contribution in [2.45, 2.75) is 348 Å². The van der Waals surface area contributed by atoms with Crippen LogP contribution in [0.5, 0.6) is 0 Å². The van der Waals surface area contributed by atoms with Crippen LogP contribution in [0.1, 0.15) is 342 Å². The third-order valence-electron chi connectivity index (χ3n) is 13.8. The minimum Gasteiger partial charge on any atom is -0.462 e. The van der Waals surface area contributed by atoms with E-state index in [4.69, 9.17) is 14.2 Å². The van der Waals surface area contributed by atoms with Gasteiger partial charge in [-0.2, -0.15) is 0 Å². The fourth-order valence-electron chi connectivity index (χ4n) is 9.28. The molecule has 0 heterocycles. The summed E-state index contributed by atoms with van der Waals surface area (Å²) < 4.78 is 16.9. The van der Waals surface area contributed by atoms with Gasteiger partial charge in [0.1, 0.15) is 13.2 Å². The van der Waals surface area contributed by atoms with Crippen molar-refractivity contribution in [3.05, 3.63) is 0 Å². The lowest BCUT2D eigenvalue weighted by atomic mass is 10.0. The van der Waals surface area contributed by atoms with Crippen LogP contribution in [0.3, 0.4) is 0 Å². The van der Waals surface area contributed by atoms with Gasteiger partial charge < -0.3 is 14.2 Å². The maximum Gasteiger partial charge on any atom is 0.306 e. The van der Waals surface area contributed by atoms with Crippen molar-refractivity contribution in [2.24, 2.45) is 5.92 Å². The van der Waals surface area contributed by atoms with Gasteiger partial charge in [0, 0.05) is 19.3 Å². The highest BCUT2D eigenvalue weighted by Crippen LogP contribution is 2.18. The van der Waals surface area contributed by atoms with Crippen LogP contribution in [0, 0.1) is 5.92 Å². The molecule has 0 unspecified atom stereocenters. The monoisotopic (exact) mass is 933 g/mol. The Hall–Kier alpha value is -1.59. The van der Waals surface area contributed by atoms with Gasteiger partial charge in [-0.3, -0.25) is 14.4 Å². The highest BCUT2D eigenvalue weighted by molar-refractivity contribution is 5.71. The van der Waals surface area contributed by atoms with E-state index in [0.717, 1.165) is 63.7 Å². The summed E-state index contributed by atoms with van der Waals surface area (Å²) in [5.41, 5.74) is 0. The molecule has 1 atom stereocenters. The van der Waals surface area contributed by atoms with E-state index >= 15 is 0 Å². The summed E-state index contributed by atoms with van der Waals surface area (Å²) in [6.45, 7) is 9.08. The van der Waals surface area contributed by atoms with Gasteiger partial charge in [-0.15, -0.1) is 0 Å². The first-order valence-electron chi connectivity index (χ1n) is 29.9. The summed E-state index contributed by atoms with van der Waals surface area (Å²) in [5.74, 6) is 0.0168. The van der Waals surface area contributed by atoms with Crippen molar-refractivity contribution in [2.75, 3.05) is 13.2 Å². The van der Waals surface area contributed by atoms with Crippen LogP contribution >= 0.6 is 0 Å². The third-order valence-corrected chi connectivity index (χ3v) is 13.8. The molecule has 0 saturated carbocycles. The lowest BCUT2D eigenvalue weighted by molar-refractivity contribution is -0.167. The van der Waals surface area contributed by atoms with Crippen LogP contribution < -0.4 is 0 Å². The molecule has 392 valence electrons. The highest BCUT2D eigenvalue weighted by Gasteiger charge is 2.19. The molecule has 0 N–H and O–H groups in total. The summed E-state index contributed by atoms with van der Waals surface area (Å²) in [7, 11) is 0. The zero-order valence-corrected chi connectivity index (χ0v) is 45.2. The average Bonchev–Trinajstić information content (AvgIpc) is 3.30.